The number of unbranched alkanes of at least 4 members (excludes halogenated alkanes) is 1. The molecule has 0 aliphatic rings. The standard InChI is InChI=1S/C16H28N2O/c1-4-6-11-18(12-13-19)15-9-7-14(8-10-15)16(5-2)17-3/h7-10,16-17,19H,4-6,11-13H2,1-3H3. The lowest BCUT2D eigenvalue weighted by molar-refractivity contribution is 0.301. The van der Waals surface area contributed by atoms with Gasteiger partial charge in [0.2, 0.25) is 0 Å². The summed E-state index contributed by atoms with van der Waals surface area (Å²) in [4.78, 5) is 2.26. The lowest BCUT2D eigenvalue weighted by atomic mass is 10.0. The zero-order valence-corrected chi connectivity index (χ0v) is 12.5. The number of hydrogen-bond acceptors (Lipinski definition) is 3. The number of aliphatic hydroxyl groups excluding tert-OH is 1. The van der Waals surface area contributed by atoms with Crippen molar-refractivity contribution in [1.82, 2.24) is 5.32 Å². The molecule has 0 heterocycles. The van der Waals surface area contributed by atoms with Gasteiger partial charge in [0.15, 0.2) is 0 Å². The first-order valence-corrected chi connectivity index (χ1v) is 7.39. The van der Waals surface area contributed by atoms with E-state index >= 15 is 0 Å². The maximum atomic E-state index is 9.16. The summed E-state index contributed by atoms with van der Waals surface area (Å²) in [5.74, 6) is 0. The van der Waals surface area contributed by atoms with E-state index in [0.29, 0.717) is 12.6 Å². The van der Waals surface area contributed by atoms with Gasteiger partial charge in [-0.25, -0.2) is 0 Å². The van der Waals surface area contributed by atoms with Crippen LogP contribution in [0.4, 0.5) is 5.69 Å². The number of hydrogen-bond donors (Lipinski definition) is 2. The van der Waals surface area contributed by atoms with E-state index in [-0.39, 0.29) is 6.61 Å². The van der Waals surface area contributed by atoms with Gasteiger partial charge >= 0.3 is 0 Å². The molecule has 0 saturated carbocycles. The first-order valence-electron chi connectivity index (χ1n) is 7.39. The molecule has 0 bridgehead atoms. The normalized spacial score (nSPS) is 12.4. The number of nitrogens with zero attached hydrogens (tertiary/aromatic N) is 1. The summed E-state index contributed by atoms with van der Waals surface area (Å²) >= 11 is 0. The molecule has 0 saturated heterocycles. The summed E-state index contributed by atoms with van der Waals surface area (Å²) < 4.78 is 0. The molecule has 0 aromatic heterocycles. The fourth-order valence-electron chi connectivity index (χ4n) is 2.36. The molecule has 2 N–H and O–H groups in total. The molecule has 1 aromatic carbocycles. The number of nitrogens with one attached hydrogen (secondary N) is 1. The summed E-state index contributed by atoms with van der Waals surface area (Å²) in [5.41, 5.74) is 2.53. The van der Waals surface area contributed by atoms with Crippen LogP contribution >= 0.6 is 0 Å². The molecule has 0 aliphatic carbocycles. The zero-order chi connectivity index (χ0) is 14.1. The number of aliphatic hydroxyl groups is 1. The number of rotatable bonds is 9. The smallest absolute Gasteiger partial charge is 0.0606 e. The van der Waals surface area contributed by atoms with Crippen LogP contribution in [-0.2, 0) is 0 Å². The van der Waals surface area contributed by atoms with Gasteiger partial charge in [-0.05, 0) is 37.6 Å². The molecule has 3 heteroatoms. The molecule has 108 valence electrons. The van der Waals surface area contributed by atoms with Crippen molar-refractivity contribution in [3.63, 3.8) is 0 Å². The third-order valence-corrected chi connectivity index (χ3v) is 3.57. The monoisotopic (exact) mass is 264 g/mol. The van der Waals surface area contributed by atoms with Crippen LogP contribution < -0.4 is 10.2 Å². The summed E-state index contributed by atoms with van der Waals surface area (Å²) in [6, 6.07) is 9.14. The second-order valence-corrected chi connectivity index (χ2v) is 4.91. The highest BCUT2D eigenvalue weighted by Gasteiger charge is 2.08. The van der Waals surface area contributed by atoms with Crippen LogP contribution in [0.25, 0.3) is 0 Å². The Labute approximate surface area is 117 Å². The summed E-state index contributed by atoms with van der Waals surface area (Å²) in [6.07, 6.45) is 3.43. The molecule has 3 nitrogen and oxygen atoms in total. The Morgan fingerprint density at radius 2 is 1.84 bits per heavy atom. The summed E-state index contributed by atoms with van der Waals surface area (Å²) in [6.45, 7) is 6.31. The van der Waals surface area contributed by atoms with Gasteiger partial charge in [-0.1, -0.05) is 32.4 Å². The quantitative estimate of drug-likeness (QED) is 0.720. The second-order valence-electron chi connectivity index (χ2n) is 4.91. The Morgan fingerprint density at radius 1 is 1.16 bits per heavy atom. The lowest BCUT2D eigenvalue weighted by Gasteiger charge is -2.24. The maximum Gasteiger partial charge on any atom is 0.0606 e. The van der Waals surface area contributed by atoms with Gasteiger partial charge in [0, 0.05) is 24.8 Å². The molecule has 1 rings (SSSR count). The van der Waals surface area contributed by atoms with Crippen molar-refractivity contribution < 1.29 is 5.11 Å². The minimum atomic E-state index is 0.208. The van der Waals surface area contributed by atoms with Crippen molar-refractivity contribution in [2.45, 2.75) is 39.2 Å². The van der Waals surface area contributed by atoms with Crippen LogP contribution in [0.5, 0.6) is 0 Å². The van der Waals surface area contributed by atoms with E-state index in [2.05, 4.69) is 48.3 Å². The van der Waals surface area contributed by atoms with Gasteiger partial charge in [0.1, 0.15) is 0 Å². The number of anilines is 1. The predicted octanol–water partition coefficient (Wildman–Crippen LogP) is 2.96. The van der Waals surface area contributed by atoms with Crippen molar-refractivity contribution in [2.75, 3.05) is 31.6 Å². The molecule has 0 radical (unpaired) electrons. The highest BCUT2D eigenvalue weighted by molar-refractivity contribution is 5.48. The Bertz CT molecular complexity index is 333. The summed E-state index contributed by atoms with van der Waals surface area (Å²) in [7, 11) is 2.00. The van der Waals surface area contributed by atoms with Crippen molar-refractivity contribution >= 4 is 5.69 Å². The van der Waals surface area contributed by atoms with Crippen molar-refractivity contribution in [1.29, 1.82) is 0 Å². The van der Waals surface area contributed by atoms with E-state index in [9.17, 15) is 0 Å². The highest BCUT2D eigenvalue weighted by atomic mass is 16.3. The van der Waals surface area contributed by atoms with Gasteiger partial charge in [-0.3, -0.25) is 0 Å². The van der Waals surface area contributed by atoms with Crippen LogP contribution in [0, 0.1) is 0 Å². The van der Waals surface area contributed by atoms with Crippen LogP contribution in [0.15, 0.2) is 24.3 Å². The Kier molecular flexibility index (Phi) is 7.53. The molecule has 0 amide bonds. The van der Waals surface area contributed by atoms with Crippen molar-refractivity contribution in [3.8, 4) is 0 Å². The molecule has 1 aromatic rings. The van der Waals surface area contributed by atoms with Gasteiger partial charge in [0.25, 0.3) is 0 Å². The maximum absolute atomic E-state index is 9.16. The molecular weight excluding hydrogens is 236 g/mol. The average molecular weight is 264 g/mol. The average Bonchev–Trinajstić information content (AvgIpc) is 2.45. The van der Waals surface area contributed by atoms with Gasteiger partial charge in [-0.2, -0.15) is 0 Å². The third kappa shape index (κ3) is 4.84. The Morgan fingerprint density at radius 3 is 2.32 bits per heavy atom. The van der Waals surface area contributed by atoms with E-state index < -0.39 is 0 Å². The lowest BCUT2D eigenvalue weighted by Crippen LogP contribution is -2.27. The largest absolute Gasteiger partial charge is 0.395 e. The SMILES string of the molecule is CCCCN(CCO)c1ccc(C(CC)NC)cc1. The van der Waals surface area contributed by atoms with Crippen molar-refractivity contribution in [3.05, 3.63) is 29.8 Å². The minimum absolute atomic E-state index is 0.208. The molecule has 0 fully saturated rings. The van der Waals surface area contributed by atoms with E-state index in [1.807, 2.05) is 7.05 Å². The predicted molar refractivity (Wildman–Crippen MR) is 82.7 cm³/mol. The van der Waals surface area contributed by atoms with Gasteiger partial charge < -0.3 is 15.3 Å². The number of benzene rings is 1. The molecular formula is C16H28N2O. The minimum Gasteiger partial charge on any atom is -0.395 e. The summed E-state index contributed by atoms with van der Waals surface area (Å²) in [5, 5.41) is 12.5. The molecule has 0 aliphatic heterocycles. The van der Waals surface area contributed by atoms with E-state index in [1.165, 1.54) is 17.7 Å². The Balaban J connectivity index is 2.76. The Hall–Kier alpha value is -1.06. The second kappa shape index (κ2) is 8.94. The fraction of sp³-hybridized carbons (Fsp3) is 0.625. The van der Waals surface area contributed by atoms with Crippen LogP contribution in [0.2, 0.25) is 0 Å². The first kappa shape index (κ1) is 16.0. The fourth-order valence-corrected chi connectivity index (χ4v) is 2.36. The van der Waals surface area contributed by atoms with Gasteiger partial charge in [-0.15, -0.1) is 0 Å². The molecule has 1 atom stereocenters. The highest BCUT2D eigenvalue weighted by Crippen LogP contribution is 2.21. The zero-order valence-electron chi connectivity index (χ0n) is 12.5. The molecule has 19 heavy (non-hydrogen) atoms. The first-order chi connectivity index (χ1) is 9.26. The van der Waals surface area contributed by atoms with E-state index in [4.69, 9.17) is 5.11 Å². The topological polar surface area (TPSA) is 35.5 Å². The van der Waals surface area contributed by atoms with Crippen LogP contribution in [0.3, 0.4) is 0 Å². The molecule has 0 spiro atoms. The van der Waals surface area contributed by atoms with Crippen LogP contribution in [0.1, 0.15) is 44.7 Å². The van der Waals surface area contributed by atoms with Gasteiger partial charge in [0.05, 0.1) is 6.61 Å². The van der Waals surface area contributed by atoms with Crippen LogP contribution in [-0.4, -0.2) is 31.9 Å². The van der Waals surface area contributed by atoms with E-state index in [0.717, 1.165) is 19.4 Å². The molecule has 1 unspecified atom stereocenters. The third-order valence-electron chi connectivity index (χ3n) is 3.57. The van der Waals surface area contributed by atoms with Crippen molar-refractivity contribution in [2.24, 2.45) is 0 Å². The van der Waals surface area contributed by atoms with E-state index in [1.54, 1.807) is 0 Å².